The van der Waals surface area contributed by atoms with E-state index in [9.17, 15) is 22.4 Å². The van der Waals surface area contributed by atoms with Gasteiger partial charge in [0, 0.05) is 43.2 Å². The van der Waals surface area contributed by atoms with Crippen molar-refractivity contribution in [2.75, 3.05) is 31.6 Å². The second kappa shape index (κ2) is 12.4. The van der Waals surface area contributed by atoms with Gasteiger partial charge >= 0.3 is 6.03 Å². The number of carbonyl (C=O) groups is 2. The number of thiophene rings is 1. The van der Waals surface area contributed by atoms with E-state index in [0.717, 1.165) is 28.5 Å². The van der Waals surface area contributed by atoms with Gasteiger partial charge in [0.05, 0.1) is 0 Å². The van der Waals surface area contributed by atoms with E-state index < -0.39 is 40.1 Å². The number of rotatable bonds is 7. The van der Waals surface area contributed by atoms with E-state index in [1.54, 1.807) is 42.5 Å². The maximum Gasteiger partial charge on any atom is 0.321 e. The van der Waals surface area contributed by atoms with Crippen LogP contribution in [-0.2, 0) is 24.4 Å². The van der Waals surface area contributed by atoms with Crippen LogP contribution in [-0.4, -0.2) is 68.1 Å². The molecule has 40 heavy (non-hydrogen) atoms. The minimum Gasteiger partial charge on any atom is -0.350 e. The van der Waals surface area contributed by atoms with Crippen LogP contribution < -0.4 is 10.8 Å². The smallest absolute Gasteiger partial charge is 0.321 e. The van der Waals surface area contributed by atoms with Crippen LogP contribution in [0.25, 0.3) is 10.4 Å². The van der Waals surface area contributed by atoms with Crippen molar-refractivity contribution in [1.82, 2.24) is 14.7 Å². The molecule has 3 aromatic rings. The number of hydrogen-bond acceptors (Lipinski definition) is 7. The van der Waals surface area contributed by atoms with Gasteiger partial charge in [0.25, 0.3) is 15.9 Å². The van der Waals surface area contributed by atoms with E-state index in [-0.39, 0.29) is 23.8 Å². The van der Waals surface area contributed by atoms with Crippen molar-refractivity contribution in [2.24, 2.45) is 0 Å². The van der Waals surface area contributed by atoms with Gasteiger partial charge in [-0.05, 0) is 54.8 Å². The summed E-state index contributed by atoms with van der Waals surface area (Å²) >= 11 is 1.02. The summed E-state index contributed by atoms with van der Waals surface area (Å²) in [7, 11) is -4.13. The highest BCUT2D eigenvalue weighted by Gasteiger charge is 2.42. The molecule has 2 saturated heterocycles. The first-order chi connectivity index (χ1) is 19.3. The van der Waals surface area contributed by atoms with E-state index in [0.29, 0.717) is 29.2 Å². The largest absolute Gasteiger partial charge is 0.350 e. The molecule has 10 nitrogen and oxygen atoms in total. The Morgan fingerprint density at radius 3 is 2.50 bits per heavy atom. The molecule has 0 aliphatic carbocycles. The molecule has 0 radical (unpaired) electrons. The van der Waals surface area contributed by atoms with Crippen molar-refractivity contribution in [1.29, 1.82) is 0 Å². The van der Waals surface area contributed by atoms with E-state index in [1.807, 2.05) is 6.07 Å². The first kappa shape index (κ1) is 28.2. The quantitative estimate of drug-likeness (QED) is 0.403. The highest BCUT2D eigenvalue weighted by Crippen LogP contribution is 2.34. The van der Waals surface area contributed by atoms with Crippen molar-refractivity contribution < 1.29 is 32.0 Å². The zero-order chi connectivity index (χ0) is 28.1. The van der Waals surface area contributed by atoms with Crippen molar-refractivity contribution >= 4 is 39.0 Å². The molecule has 13 heteroatoms. The average Bonchev–Trinajstić information content (AvgIpc) is 3.48. The number of ether oxygens (including phenoxy) is 1. The van der Waals surface area contributed by atoms with Crippen LogP contribution in [0.1, 0.15) is 19.3 Å². The van der Waals surface area contributed by atoms with Gasteiger partial charge in [-0.15, -0.1) is 11.3 Å². The molecule has 3 amide bonds. The SMILES string of the molecule is O=C(NOC1CCCCO1)C1CN(C(=O)Nc2ccccc2)CCN1S(=O)(=O)c1ccc(-c2ccc(F)cc2)s1. The number of hydrogen-bond donors (Lipinski definition) is 2. The Balaban J connectivity index is 1.36. The zero-order valence-electron chi connectivity index (χ0n) is 21.5. The molecule has 0 spiro atoms. The summed E-state index contributed by atoms with van der Waals surface area (Å²) < 4.78 is 47.6. The van der Waals surface area contributed by atoms with Crippen LogP contribution in [0, 0.1) is 5.82 Å². The van der Waals surface area contributed by atoms with E-state index in [4.69, 9.17) is 9.57 Å². The lowest BCUT2D eigenvalue weighted by Crippen LogP contribution is -2.62. The Kier molecular flexibility index (Phi) is 8.76. The molecule has 2 N–H and O–H groups in total. The fourth-order valence-electron chi connectivity index (χ4n) is 4.52. The summed E-state index contributed by atoms with van der Waals surface area (Å²) in [6.07, 6.45) is 1.75. The van der Waals surface area contributed by atoms with Crippen LogP contribution in [0.4, 0.5) is 14.9 Å². The van der Waals surface area contributed by atoms with E-state index in [2.05, 4.69) is 10.8 Å². The highest BCUT2D eigenvalue weighted by molar-refractivity contribution is 7.91. The minimum atomic E-state index is -4.13. The number of piperazine rings is 1. The Labute approximate surface area is 235 Å². The number of urea groups is 1. The van der Waals surface area contributed by atoms with Crippen LogP contribution in [0.15, 0.2) is 70.9 Å². The van der Waals surface area contributed by atoms with Gasteiger partial charge < -0.3 is 15.0 Å². The molecule has 2 aromatic carbocycles. The summed E-state index contributed by atoms with van der Waals surface area (Å²) in [6.45, 7) is 0.290. The number of halogens is 1. The van der Waals surface area contributed by atoms with Crippen LogP contribution >= 0.6 is 11.3 Å². The number of nitrogens with one attached hydrogen (secondary N) is 2. The Morgan fingerprint density at radius 1 is 1.00 bits per heavy atom. The molecular weight excluding hydrogens is 559 g/mol. The van der Waals surface area contributed by atoms with Crippen molar-refractivity contribution in [2.45, 2.75) is 35.8 Å². The van der Waals surface area contributed by atoms with Gasteiger partial charge in [-0.3, -0.25) is 4.79 Å². The van der Waals surface area contributed by atoms with Crippen LogP contribution in [0.3, 0.4) is 0 Å². The summed E-state index contributed by atoms with van der Waals surface area (Å²) in [4.78, 5) is 33.8. The normalized spacial score (nSPS) is 20.2. The summed E-state index contributed by atoms with van der Waals surface area (Å²) in [5.41, 5.74) is 3.61. The predicted octanol–water partition coefficient (Wildman–Crippen LogP) is 4.04. The number of sulfonamides is 1. The lowest BCUT2D eigenvalue weighted by Gasteiger charge is -2.39. The van der Waals surface area contributed by atoms with Crippen molar-refractivity contribution in [3.63, 3.8) is 0 Å². The van der Waals surface area contributed by atoms with Gasteiger partial charge in [0.2, 0.25) is 0 Å². The van der Waals surface area contributed by atoms with Crippen LogP contribution in [0.2, 0.25) is 0 Å². The molecule has 2 aliphatic heterocycles. The van der Waals surface area contributed by atoms with Crippen LogP contribution in [0.5, 0.6) is 0 Å². The number of carbonyl (C=O) groups excluding carboxylic acids is 2. The number of anilines is 1. The molecule has 2 fully saturated rings. The standard InChI is InChI=1S/C27H29FN4O6S2/c28-20-11-9-19(10-12-20)23-13-14-25(39-23)40(35,36)32-16-15-31(27(34)29-21-6-2-1-3-7-21)18-22(32)26(33)30-38-24-8-4-5-17-37-24/h1-3,6-7,9-14,22,24H,4-5,8,15-18H2,(H,29,34)(H,30,33). The summed E-state index contributed by atoms with van der Waals surface area (Å²) in [5, 5.41) is 2.78. The second-order valence-electron chi connectivity index (χ2n) is 9.38. The number of benzene rings is 2. The number of nitrogens with zero attached hydrogens (tertiary/aromatic N) is 2. The van der Waals surface area contributed by atoms with Gasteiger partial charge in [-0.1, -0.05) is 30.3 Å². The Bertz CT molecular complexity index is 1430. The third-order valence-corrected chi connectivity index (χ3v) is 10.2. The maximum atomic E-state index is 13.8. The Morgan fingerprint density at radius 2 is 1.77 bits per heavy atom. The third-order valence-electron chi connectivity index (χ3n) is 6.65. The molecular formula is C27H29FN4O6S2. The van der Waals surface area contributed by atoms with Gasteiger partial charge in [-0.2, -0.15) is 4.31 Å². The van der Waals surface area contributed by atoms with Crippen molar-refractivity contribution in [3.8, 4) is 10.4 Å². The first-order valence-corrected chi connectivity index (χ1v) is 15.1. The molecule has 1 aromatic heterocycles. The average molecular weight is 589 g/mol. The lowest BCUT2D eigenvalue weighted by molar-refractivity contribution is -0.202. The molecule has 3 heterocycles. The monoisotopic (exact) mass is 588 g/mol. The zero-order valence-corrected chi connectivity index (χ0v) is 23.1. The highest BCUT2D eigenvalue weighted by atomic mass is 32.2. The van der Waals surface area contributed by atoms with Gasteiger partial charge in [0.1, 0.15) is 16.1 Å². The lowest BCUT2D eigenvalue weighted by atomic mass is 10.2. The van der Waals surface area contributed by atoms with E-state index >= 15 is 0 Å². The fraction of sp³-hybridized carbons (Fsp3) is 0.333. The molecule has 2 unspecified atom stereocenters. The molecule has 212 valence electrons. The molecule has 5 rings (SSSR count). The molecule has 2 atom stereocenters. The molecule has 0 saturated carbocycles. The summed E-state index contributed by atoms with van der Waals surface area (Å²) in [6, 6.07) is 16.0. The topological polar surface area (TPSA) is 117 Å². The second-order valence-corrected chi connectivity index (χ2v) is 12.6. The maximum absolute atomic E-state index is 13.8. The van der Waals surface area contributed by atoms with Gasteiger partial charge in [-0.25, -0.2) is 27.9 Å². The summed E-state index contributed by atoms with van der Waals surface area (Å²) in [5.74, 6) is -1.10. The predicted molar refractivity (Wildman–Crippen MR) is 147 cm³/mol. The minimum absolute atomic E-state index is 0.0309. The van der Waals surface area contributed by atoms with Crippen molar-refractivity contribution in [3.05, 3.63) is 72.5 Å². The molecule has 2 aliphatic rings. The molecule has 0 bridgehead atoms. The number of hydroxylamine groups is 1. The third kappa shape index (κ3) is 6.50. The Hall–Kier alpha value is -3.36. The first-order valence-electron chi connectivity index (χ1n) is 12.9. The fourth-order valence-corrected chi connectivity index (χ4v) is 7.53. The van der Waals surface area contributed by atoms with Gasteiger partial charge in [0.15, 0.2) is 6.29 Å². The number of amides is 3. The number of para-hydroxylation sites is 1. The van der Waals surface area contributed by atoms with E-state index in [1.165, 1.54) is 23.1 Å².